The molecule has 3 rings (SSSR count). The van der Waals surface area contributed by atoms with Crippen LogP contribution in [-0.4, -0.2) is 74.8 Å². The summed E-state index contributed by atoms with van der Waals surface area (Å²) in [4.78, 5) is 29.9. The summed E-state index contributed by atoms with van der Waals surface area (Å²) in [7, 11) is 2.11. The van der Waals surface area contributed by atoms with E-state index in [4.69, 9.17) is 9.47 Å². The van der Waals surface area contributed by atoms with Crippen molar-refractivity contribution in [1.82, 2.24) is 20.4 Å². The highest BCUT2D eigenvalue weighted by atomic mass is 16.5. The number of nitrogens with zero attached hydrogens (tertiary/aromatic N) is 2. The second-order valence-corrected chi connectivity index (χ2v) is 7.58. The number of likely N-dealkylation sites (N-methyl/N-ethyl adjacent to an activating group) is 1. The molecule has 0 aliphatic carbocycles. The maximum atomic E-state index is 12.9. The zero-order valence-corrected chi connectivity index (χ0v) is 18.1. The Morgan fingerprint density at radius 3 is 2.57 bits per heavy atom. The molecule has 2 heterocycles. The summed E-state index contributed by atoms with van der Waals surface area (Å²) in [6.45, 7) is 8.86. The van der Waals surface area contributed by atoms with Crippen LogP contribution in [0.3, 0.4) is 0 Å². The SMILES string of the molecule is CCOC(=O)C1=C(CN2CCCN(C)CC2)NC(=O)NC1c1ccc(OCC)cc1. The van der Waals surface area contributed by atoms with Gasteiger partial charge in [-0.25, -0.2) is 9.59 Å². The van der Waals surface area contributed by atoms with Crippen molar-refractivity contribution in [3.05, 3.63) is 41.1 Å². The van der Waals surface area contributed by atoms with Crippen LogP contribution < -0.4 is 15.4 Å². The normalized spacial score (nSPS) is 20.9. The summed E-state index contributed by atoms with van der Waals surface area (Å²) in [6, 6.07) is 6.56. The first-order valence-corrected chi connectivity index (χ1v) is 10.6. The lowest BCUT2D eigenvalue weighted by molar-refractivity contribution is -0.139. The summed E-state index contributed by atoms with van der Waals surface area (Å²) >= 11 is 0. The Labute approximate surface area is 178 Å². The summed E-state index contributed by atoms with van der Waals surface area (Å²) in [5.74, 6) is 0.336. The third kappa shape index (κ3) is 5.52. The number of hydrogen-bond donors (Lipinski definition) is 2. The zero-order chi connectivity index (χ0) is 21.5. The number of ether oxygens (including phenoxy) is 2. The van der Waals surface area contributed by atoms with Gasteiger partial charge in [0.05, 0.1) is 24.8 Å². The Morgan fingerprint density at radius 2 is 1.87 bits per heavy atom. The average Bonchev–Trinajstić information content (AvgIpc) is 2.92. The molecule has 0 saturated carbocycles. The van der Waals surface area contributed by atoms with E-state index in [0.29, 0.717) is 24.4 Å². The van der Waals surface area contributed by atoms with Gasteiger partial charge in [-0.15, -0.1) is 0 Å². The highest BCUT2D eigenvalue weighted by Crippen LogP contribution is 2.29. The van der Waals surface area contributed by atoms with Crippen molar-refractivity contribution in [2.75, 3.05) is 53.0 Å². The summed E-state index contributed by atoms with van der Waals surface area (Å²) in [5, 5.41) is 5.75. The molecule has 2 N–H and O–H groups in total. The fourth-order valence-electron chi connectivity index (χ4n) is 3.85. The topological polar surface area (TPSA) is 83.1 Å². The average molecular weight is 417 g/mol. The molecule has 0 spiro atoms. The molecular weight excluding hydrogens is 384 g/mol. The van der Waals surface area contributed by atoms with E-state index < -0.39 is 12.0 Å². The van der Waals surface area contributed by atoms with Crippen LogP contribution in [0.25, 0.3) is 0 Å². The molecule has 2 aliphatic rings. The van der Waals surface area contributed by atoms with Gasteiger partial charge in [-0.3, -0.25) is 4.90 Å². The van der Waals surface area contributed by atoms with Crippen molar-refractivity contribution in [3.63, 3.8) is 0 Å². The molecule has 8 nitrogen and oxygen atoms in total. The van der Waals surface area contributed by atoms with Gasteiger partial charge in [-0.2, -0.15) is 0 Å². The van der Waals surface area contributed by atoms with Crippen LogP contribution in [0, 0.1) is 0 Å². The van der Waals surface area contributed by atoms with Crippen molar-refractivity contribution < 1.29 is 19.1 Å². The van der Waals surface area contributed by atoms with Gasteiger partial charge in [0.2, 0.25) is 0 Å². The van der Waals surface area contributed by atoms with E-state index >= 15 is 0 Å². The van der Waals surface area contributed by atoms with Gasteiger partial charge in [-0.05, 0) is 58.1 Å². The Morgan fingerprint density at radius 1 is 1.10 bits per heavy atom. The van der Waals surface area contributed by atoms with Gasteiger partial charge in [0.25, 0.3) is 0 Å². The molecule has 2 aliphatic heterocycles. The first kappa shape index (κ1) is 22.1. The Bertz CT molecular complexity index is 778. The molecule has 0 radical (unpaired) electrons. The number of nitrogens with one attached hydrogen (secondary N) is 2. The largest absolute Gasteiger partial charge is 0.494 e. The molecule has 2 amide bonds. The molecule has 164 valence electrons. The molecule has 0 aromatic heterocycles. The van der Waals surface area contributed by atoms with Crippen LogP contribution in [0.5, 0.6) is 5.75 Å². The minimum Gasteiger partial charge on any atom is -0.494 e. The molecule has 1 aromatic rings. The third-order valence-corrected chi connectivity index (χ3v) is 5.37. The number of rotatable bonds is 7. The van der Waals surface area contributed by atoms with Crippen molar-refractivity contribution in [3.8, 4) is 5.75 Å². The van der Waals surface area contributed by atoms with Gasteiger partial charge in [0.15, 0.2) is 0 Å². The molecule has 30 heavy (non-hydrogen) atoms. The van der Waals surface area contributed by atoms with Crippen molar-refractivity contribution in [2.24, 2.45) is 0 Å². The van der Waals surface area contributed by atoms with Crippen LogP contribution in [0.1, 0.15) is 31.9 Å². The minimum absolute atomic E-state index is 0.272. The van der Waals surface area contributed by atoms with Crippen LogP contribution in [-0.2, 0) is 9.53 Å². The Kier molecular flexibility index (Phi) is 7.70. The van der Waals surface area contributed by atoms with E-state index in [1.165, 1.54) is 0 Å². The molecule has 1 aromatic carbocycles. The number of esters is 1. The predicted molar refractivity (Wildman–Crippen MR) is 114 cm³/mol. The Balaban J connectivity index is 1.92. The summed E-state index contributed by atoms with van der Waals surface area (Å²) < 4.78 is 10.9. The first-order chi connectivity index (χ1) is 14.5. The maximum Gasteiger partial charge on any atom is 0.338 e. The number of carbonyl (C=O) groups is 2. The molecule has 1 atom stereocenters. The number of urea groups is 1. The molecule has 8 heteroatoms. The van der Waals surface area contributed by atoms with Crippen molar-refractivity contribution in [2.45, 2.75) is 26.3 Å². The molecule has 1 saturated heterocycles. The minimum atomic E-state index is -0.571. The number of hydrogen-bond acceptors (Lipinski definition) is 6. The van der Waals surface area contributed by atoms with Crippen LogP contribution in [0.4, 0.5) is 4.79 Å². The zero-order valence-electron chi connectivity index (χ0n) is 18.1. The van der Waals surface area contributed by atoms with E-state index in [2.05, 4.69) is 27.5 Å². The molecule has 0 bridgehead atoms. The van der Waals surface area contributed by atoms with E-state index in [9.17, 15) is 9.59 Å². The highest BCUT2D eigenvalue weighted by Gasteiger charge is 2.34. The lowest BCUT2D eigenvalue weighted by Crippen LogP contribution is -2.48. The van der Waals surface area contributed by atoms with Gasteiger partial charge >= 0.3 is 12.0 Å². The third-order valence-electron chi connectivity index (χ3n) is 5.37. The fraction of sp³-hybridized carbons (Fsp3) is 0.545. The van der Waals surface area contributed by atoms with Gasteiger partial charge in [0.1, 0.15) is 5.75 Å². The van der Waals surface area contributed by atoms with Crippen LogP contribution in [0.2, 0.25) is 0 Å². The quantitative estimate of drug-likeness (QED) is 0.661. The van der Waals surface area contributed by atoms with E-state index in [1.54, 1.807) is 6.92 Å². The van der Waals surface area contributed by atoms with Crippen LogP contribution in [0.15, 0.2) is 35.5 Å². The van der Waals surface area contributed by atoms with Crippen molar-refractivity contribution >= 4 is 12.0 Å². The summed E-state index contributed by atoms with van der Waals surface area (Å²) in [6.07, 6.45) is 1.05. The second-order valence-electron chi connectivity index (χ2n) is 7.58. The lowest BCUT2D eigenvalue weighted by atomic mass is 9.95. The standard InChI is InChI=1S/C22H32N4O4/c1-4-29-17-9-7-16(8-10-17)20-19(21(27)30-5-2)18(23-22(28)24-20)15-26-12-6-11-25(3)13-14-26/h7-10,20H,4-6,11-15H2,1-3H3,(H2,23,24,28). The van der Waals surface area contributed by atoms with E-state index in [0.717, 1.165) is 43.9 Å². The number of benzene rings is 1. The van der Waals surface area contributed by atoms with Crippen molar-refractivity contribution in [1.29, 1.82) is 0 Å². The second kappa shape index (κ2) is 10.4. The van der Waals surface area contributed by atoms with E-state index in [1.807, 2.05) is 31.2 Å². The maximum absolute atomic E-state index is 12.9. The molecule has 1 fully saturated rings. The van der Waals surface area contributed by atoms with Gasteiger partial charge in [0, 0.05) is 25.3 Å². The monoisotopic (exact) mass is 416 g/mol. The molecular formula is C22H32N4O4. The van der Waals surface area contributed by atoms with Gasteiger partial charge in [-0.1, -0.05) is 12.1 Å². The van der Waals surface area contributed by atoms with E-state index in [-0.39, 0.29) is 12.6 Å². The smallest absolute Gasteiger partial charge is 0.338 e. The molecule has 1 unspecified atom stereocenters. The fourth-order valence-corrected chi connectivity index (χ4v) is 3.85. The first-order valence-electron chi connectivity index (χ1n) is 10.6. The van der Waals surface area contributed by atoms with Gasteiger partial charge < -0.3 is 25.0 Å². The Hall–Kier alpha value is -2.58. The predicted octanol–water partition coefficient (Wildman–Crippen LogP) is 1.89. The summed E-state index contributed by atoms with van der Waals surface area (Å²) in [5.41, 5.74) is 1.88. The lowest BCUT2D eigenvalue weighted by Gasteiger charge is -2.32. The number of carbonyl (C=O) groups excluding carboxylic acids is 2. The highest BCUT2D eigenvalue weighted by molar-refractivity contribution is 5.95. The number of amides is 2. The van der Waals surface area contributed by atoms with Crippen LogP contribution >= 0.6 is 0 Å².